The zero-order chi connectivity index (χ0) is 13.7. The number of aliphatic hydroxyl groups is 1. The van der Waals surface area contributed by atoms with E-state index in [4.69, 9.17) is 0 Å². The maximum atomic E-state index is 9.72. The van der Waals surface area contributed by atoms with Crippen molar-refractivity contribution in [2.75, 3.05) is 6.61 Å². The molecule has 0 aromatic heterocycles. The van der Waals surface area contributed by atoms with Crippen molar-refractivity contribution in [2.45, 2.75) is 39.0 Å². The highest BCUT2D eigenvalue weighted by atomic mass is 16.3. The van der Waals surface area contributed by atoms with E-state index in [0.717, 1.165) is 24.2 Å². The molecule has 0 aromatic carbocycles. The van der Waals surface area contributed by atoms with Crippen LogP contribution in [-0.4, -0.2) is 11.7 Å². The van der Waals surface area contributed by atoms with Gasteiger partial charge < -0.3 is 5.11 Å². The molecule has 2 fully saturated rings. The van der Waals surface area contributed by atoms with Crippen molar-refractivity contribution >= 4 is 0 Å². The summed E-state index contributed by atoms with van der Waals surface area (Å²) in [5.74, 6) is 3.58. The van der Waals surface area contributed by atoms with Gasteiger partial charge in [0.1, 0.15) is 0 Å². The standard InChI is InChI=1S/C19H26O/c1-19-11-10-16-15-5-3-2-4-13(15)6-8-17(16)18(19)9-7-14(19)12-20/h3-6,8,14-18,20H,2,7,9-12H2,1H3/t14-,15-,16+,17+,18-,19+/m0/s1. The van der Waals surface area contributed by atoms with Crippen molar-refractivity contribution in [3.05, 3.63) is 36.0 Å². The second-order valence-electron chi connectivity index (χ2n) is 7.60. The molecule has 0 heterocycles. The van der Waals surface area contributed by atoms with Gasteiger partial charge in [-0.3, -0.25) is 0 Å². The minimum absolute atomic E-state index is 0.389. The van der Waals surface area contributed by atoms with E-state index in [1.54, 1.807) is 5.57 Å². The normalized spacial score (nSPS) is 49.3. The Labute approximate surface area is 122 Å². The molecule has 108 valence electrons. The number of fused-ring (bicyclic) bond motifs is 5. The first-order chi connectivity index (χ1) is 9.74. The van der Waals surface area contributed by atoms with Gasteiger partial charge in [-0.05, 0) is 66.8 Å². The van der Waals surface area contributed by atoms with Crippen LogP contribution in [0.1, 0.15) is 39.0 Å². The minimum atomic E-state index is 0.389. The fraction of sp³-hybridized carbons (Fsp3) is 0.684. The fourth-order valence-corrected chi connectivity index (χ4v) is 5.80. The molecule has 0 unspecified atom stereocenters. The molecular formula is C19H26O. The van der Waals surface area contributed by atoms with E-state index < -0.39 is 0 Å². The second kappa shape index (κ2) is 4.59. The Bertz CT molecular complexity index is 486. The molecule has 0 spiro atoms. The van der Waals surface area contributed by atoms with Crippen LogP contribution >= 0.6 is 0 Å². The molecule has 1 heteroatoms. The summed E-state index contributed by atoms with van der Waals surface area (Å²) in [6.07, 6.45) is 18.5. The lowest BCUT2D eigenvalue weighted by Crippen LogP contribution is -2.44. The third kappa shape index (κ3) is 1.65. The first-order valence-corrected chi connectivity index (χ1v) is 8.40. The van der Waals surface area contributed by atoms with Crippen molar-refractivity contribution < 1.29 is 5.11 Å². The van der Waals surface area contributed by atoms with E-state index in [9.17, 15) is 5.11 Å². The Balaban J connectivity index is 1.68. The highest BCUT2D eigenvalue weighted by molar-refractivity contribution is 5.35. The first-order valence-electron chi connectivity index (χ1n) is 8.40. The molecule has 4 aliphatic rings. The lowest BCUT2D eigenvalue weighted by atomic mass is 9.53. The number of hydrogen-bond donors (Lipinski definition) is 1. The van der Waals surface area contributed by atoms with Crippen molar-refractivity contribution in [3.63, 3.8) is 0 Å². The van der Waals surface area contributed by atoms with Crippen LogP contribution in [0.2, 0.25) is 0 Å². The number of hydrogen-bond acceptors (Lipinski definition) is 1. The van der Waals surface area contributed by atoms with Gasteiger partial charge in [-0.15, -0.1) is 0 Å². The van der Waals surface area contributed by atoms with Crippen molar-refractivity contribution in [1.29, 1.82) is 0 Å². The molecule has 0 saturated heterocycles. The maximum Gasteiger partial charge on any atom is 0.0464 e. The molecule has 1 N–H and O–H groups in total. The molecule has 0 radical (unpaired) electrons. The lowest BCUT2D eigenvalue weighted by Gasteiger charge is -2.51. The largest absolute Gasteiger partial charge is 0.396 e. The summed E-state index contributed by atoms with van der Waals surface area (Å²) in [7, 11) is 0. The second-order valence-corrected chi connectivity index (χ2v) is 7.60. The SMILES string of the molecule is C[C@]12CC[C@H]3[C@@H](C=CC4=CCC=C[C@@H]43)[C@@H]1CC[C@H]2CO. The van der Waals surface area contributed by atoms with Crippen molar-refractivity contribution in [1.82, 2.24) is 0 Å². The third-order valence-electron chi connectivity index (χ3n) is 6.99. The highest BCUT2D eigenvalue weighted by Crippen LogP contribution is 2.61. The third-order valence-corrected chi connectivity index (χ3v) is 6.99. The summed E-state index contributed by atoms with van der Waals surface area (Å²) < 4.78 is 0. The summed E-state index contributed by atoms with van der Waals surface area (Å²) in [6.45, 7) is 2.85. The molecule has 4 rings (SSSR count). The monoisotopic (exact) mass is 270 g/mol. The van der Waals surface area contributed by atoms with Crippen LogP contribution in [0.25, 0.3) is 0 Å². The average Bonchev–Trinajstić information content (AvgIpc) is 2.83. The highest BCUT2D eigenvalue weighted by Gasteiger charge is 2.54. The Morgan fingerprint density at radius 2 is 2.15 bits per heavy atom. The van der Waals surface area contributed by atoms with Crippen LogP contribution < -0.4 is 0 Å². The Hall–Kier alpha value is -0.820. The summed E-state index contributed by atoms with van der Waals surface area (Å²) in [5, 5.41) is 9.72. The zero-order valence-corrected chi connectivity index (χ0v) is 12.5. The topological polar surface area (TPSA) is 20.2 Å². The van der Waals surface area contributed by atoms with Crippen LogP contribution in [0.4, 0.5) is 0 Å². The van der Waals surface area contributed by atoms with Gasteiger partial charge in [0.2, 0.25) is 0 Å². The average molecular weight is 270 g/mol. The zero-order valence-electron chi connectivity index (χ0n) is 12.5. The molecule has 6 atom stereocenters. The molecule has 0 bridgehead atoms. The van der Waals surface area contributed by atoms with Gasteiger partial charge in [-0.2, -0.15) is 0 Å². The predicted octanol–water partition coefficient (Wildman–Crippen LogP) is 4.11. The molecular weight excluding hydrogens is 244 g/mol. The lowest BCUT2D eigenvalue weighted by molar-refractivity contribution is 0.00397. The predicted molar refractivity (Wildman–Crippen MR) is 82.1 cm³/mol. The van der Waals surface area contributed by atoms with Crippen LogP contribution in [0.15, 0.2) is 36.0 Å². The number of rotatable bonds is 1. The van der Waals surface area contributed by atoms with E-state index in [-0.39, 0.29) is 0 Å². The van der Waals surface area contributed by atoms with E-state index in [1.165, 1.54) is 25.7 Å². The van der Waals surface area contributed by atoms with E-state index in [1.807, 2.05) is 0 Å². The van der Waals surface area contributed by atoms with E-state index in [2.05, 4.69) is 37.3 Å². The van der Waals surface area contributed by atoms with Crippen molar-refractivity contribution in [3.8, 4) is 0 Å². The number of aliphatic hydroxyl groups excluding tert-OH is 1. The van der Waals surface area contributed by atoms with Crippen LogP contribution in [0.3, 0.4) is 0 Å². The van der Waals surface area contributed by atoms with Gasteiger partial charge in [0.15, 0.2) is 0 Å². The van der Waals surface area contributed by atoms with Gasteiger partial charge in [0.05, 0.1) is 0 Å². The van der Waals surface area contributed by atoms with Gasteiger partial charge in [-0.1, -0.05) is 37.3 Å². The molecule has 0 aliphatic heterocycles. The number of allylic oxidation sites excluding steroid dienone is 6. The molecule has 1 nitrogen and oxygen atoms in total. The minimum Gasteiger partial charge on any atom is -0.396 e. The molecule has 2 saturated carbocycles. The molecule has 0 amide bonds. The summed E-state index contributed by atoms with van der Waals surface area (Å²) in [6, 6.07) is 0. The Kier molecular flexibility index (Phi) is 2.96. The van der Waals surface area contributed by atoms with Gasteiger partial charge in [-0.25, -0.2) is 0 Å². The van der Waals surface area contributed by atoms with Crippen LogP contribution in [0, 0.1) is 35.0 Å². The maximum absolute atomic E-state index is 9.72. The van der Waals surface area contributed by atoms with E-state index >= 15 is 0 Å². The van der Waals surface area contributed by atoms with Gasteiger partial charge in [0.25, 0.3) is 0 Å². The summed E-state index contributed by atoms with van der Waals surface area (Å²) in [5.41, 5.74) is 1.95. The smallest absolute Gasteiger partial charge is 0.0464 e. The van der Waals surface area contributed by atoms with Gasteiger partial charge >= 0.3 is 0 Å². The quantitative estimate of drug-likeness (QED) is 0.711. The van der Waals surface area contributed by atoms with Crippen LogP contribution in [0.5, 0.6) is 0 Å². The van der Waals surface area contributed by atoms with Crippen LogP contribution in [-0.2, 0) is 0 Å². The molecule has 0 aromatic rings. The van der Waals surface area contributed by atoms with E-state index in [0.29, 0.717) is 23.9 Å². The van der Waals surface area contributed by atoms with Crippen molar-refractivity contribution in [2.24, 2.45) is 35.0 Å². The van der Waals surface area contributed by atoms with Gasteiger partial charge in [0, 0.05) is 12.5 Å². The Morgan fingerprint density at radius 3 is 3.00 bits per heavy atom. The fourth-order valence-electron chi connectivity index (χ4n) is 5.80. The molecule has 20 heavy (non-hydrogen) atoms. The Morgan fingerprint density at radius 1 is 1.25 bits per heavy atom. The first kappa shape index (κ1) is 12.9. The summed E-state index contributed by atoms with van der Waals surface area (Å²) in [4.78, 5) is 0. The molecule has 4 aliphatic carbocycles. The summed E-state index contributed by atoms with van der Waals surface area (Å²) >= 11 is 0.